The molecule has 1 heterocycles. The molecular weight excluding hydrogens is 192 g/mol. The number of nitrogens with two attached hydrogens (primary N) is 1. The second kappa shape index (κ2) is 3.15. The van der Waals surface area contributed by atoms with Crippen molar-refractivity contribution in [3.8, 4) is 0 Å². The molecule has 0 spiro atoms. The van der Waals surface area contributed by atoms with Gasteiger partial charge < -0.3 is 5.73 Å². The third kappa shape index (κ3) is 1.84. The molecule has 64 valence electrons. The smallest absolute Gasteiger partial charge is 0.119 e. The molecule has 1 aromatic heterocycles. The van der Waals surface area contributed by atoms with Crippen LogP contribution in [0.1, 0.15) is 12.8 Å². The van der Waals surface area contributed by atoms with Gasteiger partial charge in [-0.1, -0.05) is 11.6 Å². The maximum absolute atomic E-state index is 5.73. The van der Waals surface area contributed by atoms with Gasteiger partial charge in [0.1, 0.15) is 5.03 Å². The molecule has 1 fully saturated rings. The number of anilines is 1. The first-order chi connectivity index (χ1) is 5.75. The summed E-state index contributed by atoms with van der Waals surface area (Å²) in [5.41, 5.74) is 6.42. The SMILES string of the molecule is Nc1cc(Cl)cnc1SC1CC1. The van der Waals surface area contributed by atoms with Gasteiger partial charge in [-0.25, -0.2) is 4.98 Å². The maximum atomic E-state index is 5.73. The van der Waals surface area contributed by atoms with E-state index >= 15 is 0 Å². The van der Waals surface area contributed by atoms with Crippen LogP contribution < -0.4 is 5.73 Å². The van der Waals surface area contributed by atoms with E-state index in [-0.39, 0.29) is 0 Å². The summed E-state index contributed by atoms with van der Waals surface area (Å²) in [6.07, 6.45) is 4.21. The summed E-state index contributed by atoms with van der Waals surface area (Å²) in [5.74, 6) is 0. The van der Waals surface area contributed by atoms with Crippen molar-refractivity contribution in [2.75, 3.05) is 5.73 Å². The molecular formula is C8H9ClN2S. The van der Waals surface area contributed by atoms with Crippen molar-refractivity contribution in [2.45, 2.75) is 23.1 Å². The second-order valence-electron chi connectivity index (χ2n) is 2.87. The van der Waals surface area contributed by atoms with Gasteiger partial charge in [-0.3, -0.25) is 0 Å². The van der Waals surface area contributed by atoms with Crippen LogP contribution in [0.2, 0.25) is 5.02 Å². The zero-order valence-electron chi connectivity index (χ0n) is 6.46. The number of hydrogen-bond donors (Lipinski definition) is 1. The van der Waals surface area contributed by atoms with Crippen LogP contribution in [0.15, 0.2) is 17.3 Å². The Kier molecular flexibility index (Phi) is 2.15. The molecule has 0 radical (unpaired) electrons. The first-order valence-corrected chi connectivity index (χ1v) is 5.09. The van der Waals surface area contributed by atoms with Crippen molar-refractivity contribution < 1.29 is 0 Å². The number of nitrogens with zero attached hydrogens (tertiary/aromatic N) is 1. The molecule has 1 saturated carbocycles. The Morgan fingerprint density at radius 3 is 2.92 bits per heavy atom. The van der Waals surface area contributed by atoms with Crippen LogP contribution in [0.5, 0.6) is 0 Å². The Balaban J connectivity index is 2.18. The van der Waals surface area contributed by atoms with Crippen LogP contribution in [0.3, 0.4) is 0 Å². The molecule has 4 heteroatoms. The lowest BCUT2D eigenvalue weighted by Gasteiger charge is -2.02. The van der Waals surface area contributed by atoms with E-state index in [4.69, 9.17) is 17.3 Å². The molecule has 0 aromatic carbocycles. The summed E-state index contributed by atoms with van der Waals surface area (Å²) in [6.45, 7) is 0. The topological polar surface area (TPSA) is 38.9 Å². The average Bonchev–Trinajstić information content (AvgIpc) is 2.79. The molecule has 0 amide bonds. The number of aromatic nitrogens is 1. The summed E-state index contributed by atoms with van der Waals surface area (Å²) in [4.78, 5) is 4.16. The van der Waals surface area contributed by atoms with Gasteiger partial charge in [-0.05, 0) is 18.9 Å². The van der Waals surface area contributed by atoms with Crippen molar-refractivity contribution in [2.24, 2.45) is 0 Å². The van der Waals surface area contributed by atoms with Crippen molar-refractivity contribution in [1.29, 1.82) is 0 Å². The van der Waals surface area contributed by atoms with Crippen molar-refractivity contribution in [3.05, 3.63) is 17.3 Å². The quantitative estimate of drug-likeness (QED) is 0.798. The average molecular weight is 201 g/mol. The third-order valence-corrected chi connectivity index (χ3v) is 3.22. The predicted octanol–water partition coefficient (Wildman–Crippen LogP) is 2.57. The van der Waals surface area contributed by atoms with Crippen molar-refractivity contribution in [3.63, 3.8) is 0 Å². The molecule has 12 heavy (non-hydrogen) atoms. The number of nitrogen functional groups attached to an aromatic ring is 1. The minimum Gasteiger partial charge on any atom is -0.396 e. The van der Waals surface area contributed by atoms with E-state index in [2.05, 4.69) is 4.98 Å². The molecule has 2 rings (SSSR count). The Labute approximate surface area is 80.5 Å². The van der Waals surface area contributed by atoms with E-state index in [0.717, 1.165) is 10.3 Å². The summed E-state index contributed by atoms with van der Waals surface area (Å²) in [5, 5.41) is 2.26. The van der Waals surface area contributed by atoms with E-state index in [0.29, 0.717) is 10.7 Å². The van der Waals surface area contributed by atoms with Gasteiger partial charge in [0.05, 0.1) is 10.7 Å². The lowest BCUT2D eigenvalue weighted by atomic mass is 10.4. The first-order valence-electron chi connectivity index (χ1n) is 3.83. The summed E-state index contributed by atoms with van der Waals surface area (Å²) in [6, 6.07) is 1.75. The molecule has 2 N–H and O–H groups in total. The molecule has 2 nitrogen and oxygen atoms in total. The molecule has 1 aliphatic carbocycles. The summed E-state index contributed by atoms with van der Waals surface area (Å²) < 4.78 is 0. The van der Waals surface area contributed by atoms with E-state index < -0.39 is 0 Å². The molecule has 0 atom stereocenters. The molecule has 0 unspecified atom stereocenters. The van der Waals surface area contributed by atoms with E-state index in [1.807, 2.05) is 0 Å². The van der Waals surface area contributed by atoms with Crippen LogP contribution in [0, 0.1) is 0 Å². The number of rotatable bonds is 2. The zero-order chi connectivity index (χ0) is 8.55. The maximum Gasteiger partial charge on any atom is 0.119 e. The van der Waals surface area contributed by atoms with Crippen LogP contribution in [-0.2, 0) is 0 Å². The van der Waals surface area contributed by atoms with Gasteiger partial charge in [0.25, 0.3) is 0 Å². The van der Waals surface area contributed by atoms with Gasteiger partial charge in [-0.2, -0.15) is 0 Å². The Hall–Kier alpha value is -0.410. The lowest BCUT2D eigenvalue weighted by Crippen LogP contribution is -1.92. The standard InChI is InChI=1S/C8H9ClN2S/c9-5-3-7(10)8(11-4-5)12-6-1-2-6/h3-4,6H,1-2,10H2. The first kappa shape index (κ1) is 8.20. The predicted molar refractivity (Wildman–Crippen MR) is 52.5 cm³/mol. The van der Waals surface area contributed by atoms with Crippen LogP contribution >= 0.6 is 23.4 Å². The molecule has 0 aliphatic heterocycles. The van der Waals surface area contributed by atoms with Gasteiger partial charge in [0.15, 0.2) is 0 Å². The highest BCUT2D eigenvalue weighted by molar-refractivity contribution is 8.00. The van der Waals surface area contributed by atoms with Gasteiger partial charge >= 0.3 is 0 Å². The molecule has 1 aliphatic rings. The van der Waals surface area contributed by atoms with Gasteiger partial charge in [-0.15, -0.1) is 11.8 Å². The number of pyridine rings is 1. The van der Waals surface area contributed by atoms with Crippen molar-refractivity contribution in [1.82, 2.24) is 4.98 Å². The molecule has 0 bridgehead atoms. The van der Waals surface area contributed by atoms with E-state index in [9.17, 15) is 0 Å². The highest BCUT2D eigenvalue weighted by atomic mass is 35.5. The highest BCUT2D eigenvalue weighted by Gasteiger charge is 2.23. The lowest BCUT2D eigenvalue weighted by molar-refractivity contribution is 1.14. The van der Waals surface area contributed by atoms with Crippen LogP contribution in [0.4, 0.5) is 5.69 Å². The largest absolute Gasteiger partial charge is 0.396 e. The monoisotopic (exact) mass is 200 g/mol. The van der Waals surface area contributed by atoms with Gasteiger partial charge in [0, 0.05) is 11.4 Å². The Morgan fingerprint density at radius 1 is 1.58 bits per heavy atom. The summed E-state index contributed by atoms with van der Waals surface area (Å²) >= 11 is 7.47. The van der Waals surface area contributed by atoms with E-state index in [1.54, 1.807) is 24.0 Å². The molecule has 1 aromatic rings. The minimum atomic E-state index is 0.604. The highest BCUT2D eigenvalue weighted by Crippen LogP contribution is 2.40. The zero-order valence-corrected chi connectivity index (χ0v) is 8.03. The minimum absolute atomic E-state index is 0.604. The fourth-order valence-corrected chi connectivity index (χ4v) is 2.05. The Bertz CT molecular complexity index is 299. The molecule has 0 saturated heterocycles. The number of thioether (sulfide) groups is 1. The Morgan fingerprint density at radius 2 is 2.33 bits per heavy atom. The second-order valence-corrected chi connectivity index (χ2v) is 4.59. The fourth-order valence-electron chi connectivity index (χ4n) is 0.885. The van der Waals surface area contributed by atoms with Gasteiger partial charge in [0.2, 0.25) is 0 Å². The van der Waals surface area contributed by atoms with Crippen molar-refractivity contribution >= 4 is 29.1 Å². The van der Waals surface area contributed by atoms with Crippen LogP contribution in [0.25, 0.3) is 0 Å². The normalized spacial score (nSPS) is 16.4. The number of halogens is 1. The summed E-state index contributed by atoms with van der Waals surface area (Å²) in [7, 11) is 0. The number of hydrogen-bond acceptors (Lipinski definition) is 3. The third-order valence-electron chi connectivity index (χ3n) is 1.65. The van der Waals surface area contributed by atoms with E-state index in [1.165, 1.54) is 12.8 Å². The van der Waals surface area contributed by atoms with Crippen LogP contribution in [-0.4, -0.2) is 10.2 Å². The fraction of sp³-hybridized carbons (Fsp3) is 0.375.